The lowest BCUT2D eigenvalue weighted by atomic mass is 10.2. The number of nitrogens with two attached hydrogens (primary N) is 1. The Balaban J connectivity index is 1.85. The monoisotopic (exact) mass is 256 g/mol. The molecule has 0 amide bonds. The van der Waals surface area contributed by atoms with Gasteiger partial charge in [-0.05, 0) is 12.5 Å². The number of benzene rings is 1. The summed E-state index contributed by atoms with van der Waals surface area (Å²) in [5.41, 5.74) is 8.70. The molecule has 1 aromatic carbocycles. The number of rotatable bonds is 3. The first-order valence-corrected chi connectivity index (χ1v) is 5.75. The van der Waals surface area contributed by atoms with E-state index in [1.54, 1.807) is 0 Å². The van der Waals surface area contributed by atoms with Crippen molar-refractivity contribution < 1.29 is 4.74 Å². The van der Waals surface area contributed by atoms with Gasteiger partial charge in [0, 0.05) is 0 Å². The fourth-order valence-corrected chi connectivity index (χ4v) is 1.67. The van der Waals surface area contributed by atoms with Gasteiger partial charge >= 0.3 is 0 Å². The molecule has 0 aliphatic carbocycles. The number of aryl methyl sites for hydroxylation is 1. The van der Waals surface area contributed by atoms with Gasteiger partial charge in [-0.15, -0.1) is 10.2 Å². The van der Waals surface area contributed by atoms with Crippen molar-refractivity contribution in [3.63, 3.8) is 0 Å². The van der Waals surface area contributed by atoms with Gasteiger partial charge in [-0.3, -0.25) is 0 Å². The van der Waals surface area contributed by atoms with Crippen LogP contribution in [0.15, 0.2) is 24.3 Å². The number of anilines is 1. The number of nitrogens with one attached hydrogen (secondary N) is 1. The molecule has 3 aromatic rings. The van der Waals surface area contributed by atoms with Crippen molar-refractivity contribution in [1.29, 1.82) is 0 Å². The van der Waals surface area contributed by atoms with Gasteiger partial charge in [-0.1, -0.05) is 29.8 Å². The average molecular weight is 256 g/mol. The van der Waals surface area contributed by atoms with E-state index >= 15 is 0 Å². The third-order valence-corrected chi connectivity index (χ3v) is 2.66. The molecule has 2 aromatic heterocycles. The maximum atomic E-state index is 5.63. The van der Waals surface area contributed by atoms with Gasteiger partial charge in [-0.25, -0.2) is 0 Å². The molecule has 0 saturated heterocycles. The largest absolute Gasteiger partial charge is 0.471 e. The minimum Gasteiger partial charge on any atom is -0.471 e. The van der Waals surface area contributed by atoms with Crippen LogP contribution in [0.2, 0.25) is 0 Å². The minimum absolute atomic E-state index is 0.111. The molecule has 0 saturated carbocycles. The number of nitrogens with zero attached hydrogens (tertiary/aromatic N) is 4. The summed E-state index contributed by atoms with van der Waals surface area (Å²) in [7, 11) is 0. The molecule has 3 N–H and O–H groups in total. The molecule has 0 unspecified atom stereocenters. The lowest BCUT2D eigenvalue weighted by Gasteiger charge is -2.06. The summed E-state index contributed by atoms with van der Waals surface area (Å²) >= 11 is 0. The van der Waals surface area contributed by atoms with Gasteiger partial charge in [0.2, 0.25) is 17.5 Å². The predicted octanol–water partition coefficient (Wildman–Crippen LogP) is 1.22. The van der Waals surface area contributed by atoms with Crippen molar-refractivity contribution in [3.8, 4) is 5.88 Å². The van der Waals surface area contributed by atoms with Gasteiger partial charge in [-0.2, -0.15) is 15.2 Å². The van der Waals surface area contributed by atoms with Crippen LogP contribution in [0, 0.1) is 6.92 Å². The van der Waals surface area contributed by atoms with Crippen molar-refractivity contribution in [2.24, 2.45) is 0 Å². The van der Waals surface area contributed by atoms with Gasteiger partial charge in [0.1, 0.15) is 6.61 Å². The van der Waals surface area contributed by atoms with Crippen LogP contribution in [0.5, 0.6) is 5.88 Å². The Morgan fingerprint density at radius 2 is 1.95 bits per heavy atom. The molecular weight excluding hydrogens is 244 g/mol. The summed E-state index contributed by atoms with van der Waals surface area (Å²) in [4.78, 5) is 7.97. The van der Waals surface area contributed by atoms with Crippen LogP contribution >= 0.6 is 0 Å². The van der Waals surface area contributed by atoms with Crippen LogP contribution in [0.1, 0.15) is 11.1 Å². The van der Waals surface area contributed by atoms with E-state index in [0.717, 1.165) is 5.56 Å². The van der Waals surface area contributed by atoms with E-state index in [0.29, 0.717) is 23.7 Å². The number of ether oxygens (including phenoxy) is 1. The average Bonchev–Trinajstić information content (AvgIpc) is 2.85. The normalized spacial score (nSPS) is 10.8. The zero-order valence-electron chi connectivity index (χ0n) is 10.3. The number of fused-ring (bicyclic) bond motifs is 1. The number of hydrogen-bond acceptors (Lipinski definition) is 6. The molecule has 3 rings (SSSR count). The molecule has 19 heavy (non-hydrogen) atoms. The number of aromatic nitrogens is 5. The Labute approximate surface area is 108 Å². The van der Waals surface area contributed by atoms with E-state index < -0.39 is 0 Å². The molecule has 7 nitrogen and oxygen atoms in total. The first-order chi connectivity index (χ1) is 9.22. The van der Waals surface area contributed by atoms with Gasteiger partial charge in [0.05, 0.1) is 0 Å². The van der Waals surface area contributed by atoms with Crippen molar-refractivity contribution in [1.82, 2.24) is 25.4 Å². The van der Waals surface area contributed by atoms with Gasteiger partial charge < -0.3 is 10.5 Å². The number of aromatic amines is 1. The molecule has 0 bridgehead atoms. The molecule has 0 radical (unpaired) electrons. The first kappa shape index (κ1) is 11.4. The lowest BCUT2D eigenvalue weighted by Crippen LogP contribution is -2.02. The Bertz CT molecular complexity index is 706. The number of nitrogen functional groups attached to an aromatic ring is 1. The highest BCUT2D eigenvalue weighted by Gasteiger charge is 2.11. The van der Waals surface area contributed by atoms with E-state index in [9.17, 15) is 0 Å². The van der Waals surface area contributed by atoms with Crippen molar-refractivity contribution in [2.45, 2.75) is 13.5 Å². The molecule has 0 aliphatic rings. The van der Waals surface area contributed by atoms with E-state index in [-0.39, 0.29) is 5.95 Å². The van der Waals surface area contributed by atoms with Crippen molar-refractivity contribution in [3.05, 3.63) is 35.4 Å². The summed E-state index contributed by atoms with van der Waals surface area (Å²) in [6.07, 6.45) is 0. The quantitative estimate of drug-likeness (QED) is 0.730. The molecule has 0 fully saturated rings. The summed E-state index contributed by atoms with van der Waals surface area (Å²) < 4.78 is 5.63. The van der Waals surface area contributed by atoms with E-state index in [4.69, 9.17) is 10.5 Å². The smallest absolute Gasteiger partial charge is 0.249 e. The zero-order valence-corrected chi connectivity index (χ0v) is 10.3. The van der Waals surface area contributed by atoms with E-state index in [1.165, 1.54) is 5.56 Å². The van der Waals surface area contributed by atoms with Crippen LogP contribution < -0.4 is 10.5 Å². The maximum absolute atomic E-state index is 5.63. The van der Waals surface area contributed by atoms with Crippen molar-refractivity contribution in [2.75, 3.05) is 5.73 Å². The highest BCUT2D eigenvalue weighted by molar-refractivity contribution is 5.75. The molecule has 0 atom stereocenters. The summed E-state index contributed by atoms with van der Waals surface area (Å²) in [5.74, 6) is 0.442. The first-order valence-electron chi connectivity index (χ1n) is 5.75. The summed E-state index contributed by atoms with van der Waals surface area (Å²) in [6, 6.07) is 8.05. The molecule has 96 valence electrons. The van der Waals surface area contributed by atoms with E-state index in [2.05, 4.69) is 25.4 Å². The summed E-state index contributed by atoms with van der Waals surface area (Å²) in [6.45, 7) is 2.42. The standard InChI is InChI=1S/C12H12N6O/c1-7-2-4-8(5-3-7)6-19-11-9-10(17-18-16-9)14-12(13)15-11/h2-5H,6H2,1H3,(H3,13,14,15,16,17,18). The zero-order chi connectivity index (χ0) is 13.2. The Kier molecular flexibility index (Phi) is 2.71. The third-order valence-electron chi connectivity index (χ3n) is 2.66. The van der Waals surface area contributed by atoms with E-state index in [1.807, 2.05) is 31.2 Å². The molecular formula is C12H12N6O. The second-order valence-corrected chi connectivity index (χ2v) is 4.16. The third kappa shape index (κ3) is 2.30. The second-order valence-electron chi connectivity index (χ2n) is 4.16. The Morgan fingerprint density at radius 1 is 1.16 bits per heavy atom. The molecule has 7 heteroatoms. The summed E-state index contributed by atoms with van der Waals surface area (Å²) in [5, 5.41) is 10.3. The Hall–Kier alpha value is -2.70. The predicted molar refractivity (Wildman–Crippen MR) is 69.4 cm³/mol. The van der Waals surface area contributed by atoms with Crippen LogP contribution in [0.3, 0.4) is 0 Å². The van der Waals surface area contributed by atoms with Gasteiger partial charge in [0.15, 0.2) is 5.52 Å². The topological polar surface area (TPSA) is 103 Å². The maximum Gasteiger partial charge on any atom is 0.249 e. The molecule has 0 aliphatic heterocycles. The Morgan fingerprint density at radius 3 is 2.74 bits per heavy atom. The van der Waals surface area contributed by atoms with Crippen LogP contribution in [0.4, 0.5) is 5.95 Å². The second kappa shape index (κ2) is 4.52. The highest BCUT2D eigenvalue weighted by Crippen LogP contribution is 2.20. The van der Waals surface area contributed by atoms with Gasteiger partial charge in [0.25, 0.3) is 0 Å². The molecule has 0 spiro atoms. The number of H-pyrrole nitrogens is 1. The van der Waals surface area contributed by atoms with Crippen LogP contribution in [0.25, 0.3) is 11.2 Å². The fraction of sp³-hybridized carbons (Fsp3) is 0.167. The molecule has 2 heterocycles. The minimum atomic E-state index is 0.111. The highest BCUT2D eigenvalue weighted by atomic mass is 16.5. The van der Waals surface area contributed by atoms with Crippen LogP contribution in [-0.2, 0) is 6.61 Å². The number of hydrogen-bond donors (Lipinski definition) is 2. The van der Waals surface area contributed by atoms with Crippen LogP contribution in [-0.4, -0.2) is 25.4 Å². The van der Waals surface area contributed by atoms with Crippen molar-refractivity contribution >= 4 is 17.1 Å². The SMILES string of the molecule is Cc1ccc(COc2nc(N)nc3n[nH]nc23)cc1. The fourth-order valence-electron chi connectivity index (χ4n) is 1.67. The lowest BCUT2D eigenvalue weighted by molar-refractivity contribution is 0.297.